The number of aromatic nitrogens is 1. The lowest BCUT2D eigenvalue weighted by Crippen LogP contribution is -2.26. The fraction of sp³-hybridized carbons (Fsp3) is 0.0714. The first kappa shape index (κ1) is 23.2. The lowest BCUT2D eigenvalue weighted by molar-refractivity contribution is -0.115. The van der Waals surface area contributed by atoms with Crippen molar-refractivity contribution in [3.63, 3.8) is 0 Å². The molecule has 1 aliphatic heterocycles. The topological polar surface area (TPSA) is 141 Å². The van der Waals surface area contributed by atoms with Gasteiger partial charge in [0, 0.05) is 5.56 Å². The van der Waals surface area contributed by atoms with E-state index in [9.17, 15) is 24.9 Å². The number of carbonyl (C=O) groups excluding carboxylic acids is 1. The van der Waals surface area contributed by atoms with Crippen LogP contribution in [0, 0.1) is 22.7 Å². The maximum absolute atomic E-state index is 13.5. The van der Waals surface area contributed by atoms with Gasteiger partial charge < -0.3 is 9.73 Å². The van der Waals surface area contributed by atoms with Gasteiger partial charge in [0.05, 0.1) is 23.1 Å². The van der Waals surface area contributed by atoms with E-state index in [0.29, 0.717) is 17.6 Å². The van der Waals surface area contributed by atoms with Gasteiger partial charge in [0.1, 0.15) is 35.1 Å². The average Bonchev–Trinajstić information content (AvgIpc) is 3.09. The number of carbonyl (C=O) groups is 1. The minimum absolute atomic E-state index is 0.150. The van der Waals surface area contributed by atoms with E-state index in [0.717, 1.165) is 16.5 Å². The maximum atomic E-state index is 13.5. The Hall–Kier alpha value is -5.54. The van der Waals surface area contributed by atoms with E-state index in [-0.39, 0.29) is 40.0 Å². The average molecular weight is 487 g/mol. The Kier molecular flexibility index (Phi) is 5.80. The molecule has 0 bridgehead atoms. The molecular weight excluding hydrogens is 470 g/mol. The predicted molar refractivity (Wildman–Crippen MR) is 137 cm³/mol. The summed E-state index contributed by atoms with van der Waals surface area (Å²) >= 11 is 0. The van der Waals surface area contributed by atoms with Crippen LogP contribution >= 0.6 is 0 Å². The third kappa shape index (κ3) is 3.81. The summed E-state index contributed by atoms with van der Waals surface area (Å²) in [6.45, 7) is 3.71. The molecule has 3 heterocycles. The Balaban J connectivity index is 1.84. The van der Waals surface area contributed by atoms with Gasteiger partial charge in [-0.15, -0.1) is 6.58 Å². The van der Waals surface area contributed by atoms with Crippen molar-refractivity contribution in [2.45, 2.75) is 12.8 Å². The first-order chi connectivity index (χ1) is 18.0. The van der Waals surface area contributed by atoms with E-state index in [2.05, 4.69) is 17.0 Å². The number of para-hydroxylation sites is 1. The van der Waals surface area contributed by atoms with Crippen LogP contribution in [0.15, 0.2) is 86.6 Å². The van der Waals surface area contributed by atoms with Crippen molar-refractivity contribution >= 4 is 28.4 Å². The lowest BCUT2D eigenvalue weighted by Gasteiger charge is -2.14. The number of amides is 1. The summed E-state index contributed by atoms with van der Waals surface area (Å²) in [6.07, 6.45) is 3.09. The van der Waals surface area contributed by atoms with Crippen LogP contribution in [0.2, 0.25) is 0 Å². The third-order valence-electron chi connectivity index (χ3n) is 6.01. The fourth-order valence-electron chi connectivity index (χ4n) is 4.34. The molecule has 0 spiro atoms. The SMILES string of the molecule is C=CCc1cccc2c(=O)c(-c3c(C#N)c4n(c(=O)c3C#N)N=C(c3ccccc3)CC(=O)N4)coc12. The number of nitrogens with one attached hydrogen (secondary N) is 1. The second kappa shape index (κ2) is 9.25. The minimum Gasteiger partial charge on any atom is -0.463 e. The minimum atomic E-state index is -0.887. The van der Waals surface area contributed by atoms with Crippen LogP contribution in [0.5, 0.6) is 0 Å². The van der Waals surface area contributed by atoms with E-state index in [1.54, 1.807) is 54.6 Å². The first-order valence-corrected chi connectivity index (χ1v) is 11.2. The molecule has 0 saturated heterocycles. The molecule has 2 aromatic heterocycles. The Bertz CT molecular complexity index is 1850. The Morgan fingerprint density at radius 2 is 1.81 bits per heavy atom. The van der Waals surface area contributed by atoms with Crippen LogP contribution in [0.1, 0.15) is 28.7 Å². The standard InChI is InChI=1S/C28H17N5O4/c1-2-7-17-10-6-11-18-25(35)21(15-37-26(17)18)24-19(13-29)27-31-23(34)12-22(16-8-4-3-5-9-16)32-33(27)28(36)20(24)14-30/h2-6,8-11,15H,1,7,12H2,(H,31,34). The monoisotopic (exact) mass is 487 g/mol. The van der Waals surface area contributed by atoms with Gasteiger partial charge in [0.25, 0.3) is 5.56 Å². The van der Waals surface area contributed by atoms with Crippen molar-refractivity contribution in [1.29, 1.82) is 10.5 Å². The van der Waals surface area contributed by atoms with Crippen LogP contribution in [-0.4, -0.2) is 16.3 Å². The second-order valence-corrected chi connectivity index (χ2v) is 8.22. The highest BCUT2D eigenvalue weighted by molar-refractivity contribution is 6.14. The highest BCUT2D eigenvalue weighted by Gasteiger charge is 2.29. The van der Waals surface area contributed by atoms with Gasteiger partial charge in [0.15, 0.2) is 5.82 Å². The summed E-state index contributed by atoms with van der Waals surface area (Å²) in [5.74, 6) is -0.739. The molecule has 0 radical (unpaired) electrons. The zero-order valence-electron chi connectivity index (χ0n) is 19.3. The number of rotatable bonds is 4. The van der Waals surface area contributed by atoms with Gasteiger partial charge in [-0.25, -0.2) is 0 Å². The smallest absolute Gasteiger partial charge is 0.291 e. The molecule has 37 heavy (non-hydrogen) atoms. The van der Waals surface area contributed by atoms with Gasteiger partial charge in [-0.3, -0.25) is 14.4 Å². The Morgan fingerprint density at radius 3 is 2.51 bits per heavy atom. The first-order valence-electron chi connectivity index (χ1n) is 11.2. The number of hydrogen-bond acceptors (Lipinski definition) is 7. The molecule has 178 valence electrons. The molecule has 0 aliphatic carbocycles. The normalized spacial score (nSPS) is 12.5. The van der Waals surface area contributed by atoms with Crippen LogP contribution in [0.4, 0.5) is 5.82 Å². The number of benzene rings is 2. The largest absolute Gasteiger partial charge is 0.463 e. The van der Waals surface area contributed by atoms with Crippen LogP contribution in [0.3, 0.4) is 0 Å². The molecule has 0 unspecified atom stereocenters. The predicted octanol–water partition coefficient (Wildman–Crippen LogP) is 3.69. The lowest BCUT2D eigenvalue weighted by atomic mass is 9.96. The van der Waals surface area contributed by atoms with Crippen molar-refractivity contribution in [2.24, 2.45) is 5.10 Å². The summed E-state index contributed by atoms with van der Waals surface area (Å²) in [6, 6.07) is 17.6. The molecular formula is C28H17N5O4. The second-order valence-electron chi connectivity index (χ2n) is 8.22. The van der Waals surface area contributed by atoms with E-state index in [1.165, 1.54) is 0 Å². The summed E-state index contributed by atoms with van der Waals surface area (Å²) in [7, 11) is 0. The van der Waals surface area contributed by atoms with E-state index >= 15 is 0 Å². The summed E-state index contributed by atoms with van der Waals surface area (Å²) < 4.78 is 6.61. The molecule has 5 rings (SSSR count). The van der Waals surface area contributed by atoms with Crippen molar-refractivity contribution in [3.05, 3.63) is 110 Å². The third-order valence-corrected chi connectivity index (χ3v) is 6.01. The van der Waals surface area contributed by atoms with Gasteiger partial charge in [-0.05, 0) is 23.6 Å². The number of allylic oxidation sites excluding steroid dienone is 1. The van der Waals surface area contributed by atoms with Gasteiger partial charge in [0.2, 0.25) is 11.3 Å². The molecule has 1 N–H and O–H groups in total. The number of nitrogens with zero attached hydrogens (tertiary/aromatic N) is 4. The van der Waals surface area contributed by atoms with Gasteiger partial charge in [-0.1, -0.05) is 48.5 Å². The molecule has 0 fully saturated rings. The van der Waals surface area contributed by atoms with Crippen LogP contribution in [-0.2, 0) is 11.2 Å². The number of fused-ring (bicyclic) bond motifs is 2. The number of pyridine rings is 1. The number of hydrogen-bond donors (Lipinski definition) is 1. The van der Waals surface area contributed by atoms with E-state index in [1.807, 2.05) is 12.1 Å². The molecule has 1 aliphatic rings. The molecule has 0 atom stereocenters. The molecule has 1 amide bonds. The number of nitriles is 2. The van der Waals surface area contributed by atoms with Crippen LogP contribution in [0.25, 0.3) is 22.1 Å². The Morgan fingerprint density at radius 1 is 1.05 bits per heavy atom. The van der Waals surface area contributed by atoms with Gasteiger partial charge >= 0.3 is 0 Å². The van der Waals surface area contributed by atoms with Crippen LogP contribution < -0.4 is 16.3 Å². The quantitative estimate of drug-likeness (QED) is 0.435. The fourth-order valence-corrected chi connectivity index (χ4v) is 4.34. The van der Waals surface area contributed by atoms with Crippen molar-refractivity contribution in [2.75, 3.05) is 5.32 Å². The summed E-state index contributed by atoms with van der Waals surface area (Å²) in [5, 5.41) is 27.2. The summed E-state index contributed by atoms with van der Waals surface area (Å²) in [4.78, 5) is 39.8. The molecule has 9 nitrogen and oxygen atoms in total. The van der Waals surface area contributed by atoms with E-state index < -0.39 is 22.5 Å². The van der Waals surface area contributed by atoms with Crippen molar-refractivity contribution in [1.82, 2.24) is 4.68 Å². The highest BCUT2D eigenvalue weighted by Crippen LogP contribution is 2.31. The zero-order valence-corrected chi connectivity index (χ0v) is 19.3. The number of anilines is 1. The highest BCUT2D eigenvalue weighted by atomic mass is 16.3. The molecule has 9 heteroatoms. The van der Waals surface area contributed by atoms with Gasteiger partial charge in [-0.2, -0.15) is 20.3 Å². The maximum Gasteiger partial charge on any atom is 0.291 e. The molecule has 0 saturated carbocycles. The van der Waals surface area contributed by atoms with Crippen molar-refractivity contribution < 1.29 is 9.21 Å². The summed E-state index contributed by atoms with van der Waals surface area (Å²) in [5.41, 5.74) is -0.562. The van der Waals surface area contributed by atoms with E-state index in [4.69, 9.17) is 4.42 Å². The zero-order chi connectivity index (χ0) is 26.1. The Labute approximate surface area is 209 Å². The van der Waals surface area contributed by atoms with Crippen molar-refractivity contribution in [3.8, 4) is 23.3 Å². The molecule has 2 aromatic carbocycles. The molecule has 4 aromatic rings.